The molecule has 0 fully saturated rings. The average molecular weight is 431 g/mol. The van der Waals surface area contributed by atoms with E-state index in [9.17, 15) is 16.8 Å². The topological polar surface area (TPSA) is 139 Å². The molecule has 148 valence electrons. The van der Waals surface area contributed by atoms with E-state index in [4.69, 9.17) is 10.3 Å². The van der Waals surface area contributed by atoms with E-state index in [1.165, 1.54) is 0 Å². The normalized spacial score (nSPS) is 12.6. The van der Waals surface area contributed by atoms with Gasteiger partial charge in [0.05, 0.1) is 0 Å². The van der Waals surface area contributed by atoms with Gasteiger partial charge >= 0.3 is 20.6 Å². The van der Waals surface area contributed by atoms with Crippen molar-refractivity contribution in [3.05, 3.63) is 48.5 Å². The fourth-order valence-electron chi connectivity index (χ4n) is 3.16. The van der Waals surface area contributed by atoms with Crippen LogP contribution in [0.15, 0.2) is 48.5 Å². The van der Waals surface area contributed by atoms with Crippen LogP contribution in [0.4, 0.5) is 0 Å². The molecular weight excluding hydrogens is 408 g/mol. The van der Waals surface area contributed by atoms with Crippen LogP contribution in [0.2, 0.25) is 12.1 Å². The van der Waals surface area contributed by atoms with Crippen molar-refractivity contribution in [1.82, 2.24) is 0 Å². The molecule has 0 aromatic heterocycles. The summed E-state index contributed by atoms with van der Waals surface area (Å²) in [7, 11) is -10.3. The first-order valence-corrected chi connectivity index (χ1v) is 13.5. The molecule has 4 N–H and O–H groups in total. The van der Waals surface area contributed by atoms with Crippen LogP contribution in [0.5, 0.6) is 11.5 Å². The van der Waals surface area contributed by atoms with E-state index < -0.39 is 28.7 Å². The summed E-state index contributed by atoms with van der Waals surface area (Å²) in [5.74, 6) is 0.293. The molecule has 11 heteroatoms. The van der Waals surface area contributed by atoms with Gasteiger partial charge in [-0.25, -0.2) is 0 Å². The van der Waals surface area contributed by atoms with Crippen molar-refractivity contribution in [3.8, 4) is 11.5 Å². The number of benzene rings is 2. The molecule has 0 aliphatic heterocycles. The van der Waals surface area contributed by atoms with E-state index in [1.54, 1.807) is 24.3 Å². The molecule has 2 rings (SSSR count). The Morgan fingerprint density at radius 1 is 0.704 bits per heavy atom. The van der Waals surface area contributed by atoms with Crippen molar-refractivity contribution in [2.75, 3.05) is 0 Å². The lowest BCUT2D eigenvalue weighted by molar-refractivity contribution is 0.486. The van der Waals surface area contributed by atoms with E-state index >= 15 is 0 Å². The molecule has 0 radical (unpaired) electrons. The van der Waals surface area contributed by atoms with E-state index in [1.807, 2.05) is 24.3 Å². The van der Waals surface area contributed by atoms with Crippen molar-refractivity contribution < 1.29 is 25.2 Å². The van der Waals surface area contributed by atoms with Gasteiger partial charge in [0.2, 0.25) is 0 Å². The number of rotatable bonds is 8. The van der Waals surface area contributed by atoms with Crippen LogP contribution in [-0.4, -0.2) is 24.9 Å². The van der Waals surface area contributed by atoms with E-state index in [0.717, 1.165) is 22.5 Å². The number of hydrogen-bond acceptors (Lipinski definition) is 6. The third-order valence-electron chi connectivity index (χ3n) is 4.45. The Balaban J connectivity index is 2.39. The Hall–Kier alpha value is -1.92. The first-order chi connectivity index (χ1) is 12.5. The molecule has 0 heterocycles. The van der Waals surface area contributed by atoms with Gasteiger partial charge in [-0.15, -0.1) is 0 Å². The molecule has 0 amide bonds. The Bertz CT molecular complexity index is 907. The number of nitrogens with two attached hydrogens (primary N) is 2. The summed E-state index contributed by atoms with van der Waals surface area (Å²) < 4.78 is 53.6. The van der Waals surface area contributed by atoms with Gasteiger partial charge in [0, 0.05) is 0 Å². The molecule has 2 aromatic rings. The van der Waals surface area contributed by atoms with Gasteiger partial charge in [0.1, 0.15) is 19.6 Å². The smallest absolute Gasteiger partial charge is 0.371 e. The Morgan fingerprint density at radius 2 is 1.00 bits per heavy atom. The maximum atomic E-state index is 11.0. The predicted octanol–water partition coefficient (Wildman–Crippen LogP) is 0.454. The number of hydrogen-bond donors (Lipinski definition) is 2. The predicted molar refractivity (Wildman–Crippen MR) is 106 cm³/mol. The summed E-state index contributed by atoms with van der Waals surface area (Å²) in [6, 6.07) is 15.5. The SMILES string of the molecule is CC[Si](CC)(c1ccc(OS(N)(=O)=O)cc1)c1ccc(OS(N)(=O)=O)cc1. The van der Waals surface area contributed by atoms with Gasteiger partial charge in [-0.2, -0.15) is 27.1 Å². The second kappa shape index (κ2) is 7.98. The van der Waals surface area contributed by atoms with E-state index in [-0.39, 0.29) is 11.5 Å². The van der Waals surface area contributed by atoms with Gasteiger partial charge in [-0.3, -0.25) is 0 Å². The fourth-order valence-corrected chi connectivity index (χ4v) is 7.99. The van der Waals surface area contributed by atoms with Gasteiger partial charge in [0.25, 0.3) is 0 Å². The van der Waals surface area contributed by atoms with Crippen LogP contribution in [0.25, 0.3) is 0 Å². The van der Waals surface area contributed by atoms with Crippen molar-refractivity contribution >= 4 is 39.1 Å². The maximum Gasteiger partial charge on any atom is 0.380 e. The molecule has 0 aliphatic rings. The minimum Gasteiger partial charge on any atom is -0.371 e. The summed E-state index contributed by atoms with van der Waals surface area (Å²) in [6.07, 6.45) is 0. The van der Waals surface area contributed by atoms with Gasteiger partial charge in [-0.05, 0) is 24.3 Å². The van der Waals surface area contributed by atoms with Crippen LogP contribution in [0, 0.1) is 0 Å². The molecule has 0 saturated carbocycles. The molecule has 0 saturated heterocycles. The van der Waals surface area contributed by atoms with Crippen molar-refractivity contribution in [2.45, 2.75) is 25.9 Å². The molecular formula is C16H22N2O6S2Si. The van der Waals surface area contributed by atoms with Crippen molar-refractivity contribution in [3.63, 3.8) is 0 Å². The largest absolute Gasteiger partial charge is 0.380 e. The summed E-state index contributed by atoms with van der Waals surface area (Å²) >= 11 is 0. The summed E-state index contributed by atoms with van der Waals surface area (Å²) in [4.78, 5) is 0. The highest BCUT2D eigenvalue weighted by molar-refractivity contribution is 7.85. The van der Waals surface area contributed by atoms with Gasteiger partial charge in [0.15, 0.2) is 0 Å². The molecule has 8 nitrogen and oxygen atoms in total. The van der Waals surface area contributed by atoms with Gasteiger partial charge in [-0.1, -0.05) is 60.6 Å². The average Bonchev–Trinajstić information content (AvgIpc) is 2.56. The highest BCUT2D eigenvalue weighted by Gasteiger charge is 2.33. The standard InChI is InChI=1S/C16H22N2O6S2Si/c1-3-27(4-2,15-9-5-13(6-10-15)23-25(17,19)20)16-11-7-14(8-12-16)24-26(18,21)22/h5-12H,3-4H2,1-2H3,(H2,17,19,20)(H2,18,21,22). The molecule has 2 aromatic carbocycles. The minimum absolute atomic E-state index is 0.147. The Kier molecular flexibility index (Phi) is 6.32. The monoisotopic (exact) mass is 430 g/mol. The maximum absolute atomic E-state index is 11.0. The van der Waals surface area contributed by atoms with Crippen molar-refractivity contribution in [1.29, 1.82) is 0 Å². The molecule has 0 atom stereocenters. The van der Waals surface area contributed by atoms with Crippen LogP contribution < -0.4 is 29.0 Å². The molecule has 27 heavy (non-hydrogen) atoms. The summed E-state index contributed by atoms with van der Waals surface area (Å²) in [5.41, 5.74) is 0. The van der Waals surface area contributed by atoms with Crippen LogP contribution in [-0.2, 0) is 20.6 Å². The van der Waals surface area contributed by atoms with Crippen LogP contribution >= 0.6 is 0 Å². The van der Waals surface area contributed by atoms with Crippen LogP contribution in [0.1, 0.15) is 13.8 Å². The van der Waals surface area contributed by atoms with E-state index in [0.29, 0.717) is 0 Å². The zero-order valence-electron chi connectivity index (χ0n) is 15.0. The quantitative estimate of drug-likeness (QED) is 0.583. The third-order valence-corrected chi connectivity index (χ3v) is 10.6. The molecule has 0 unspecified atom stereocenters. The molecule has 0 spiro atoms. The second-order valence-corrected chi connectivity index (χ2v) is 13.0. The lowest BCUT2D eigenvalue weighted by atomic mass is 10.3. The summed E-state index contributed by atoms with van der Waals surface area (Å²) in [6.45, 7) is 4.19. The minimum atomic E-state index is -4.07. The molecule has 0 bridgehead atoms. The Morgan fingerprint density at radius 3 is 1.22 bits per heavy atom. The highest BCUT2D eigenvalue weighted by atomic mass is 32.2. The second-order valence-electron chi connectivity index (χ2n) is 5.99. The zero-order chi connectivity index (χ0) is 20.3. The van der Waals surface area contributed by atoms with Gasteiger partial charge < -0.3 is 8.37 Å². The third kappa shape index (κ3) is 5.53. The zero-order valence-corrected chi connectivity index (χ0v) is 17.6. The van der Waals surface area contributed by atoms with Crippen molar-refractivity contribution in [2.24, 2.45) is 10.3 Å². The first-order valence-electron chi connectivity index (χ1n) is 8.14. The Labute approximate surface area is 160 Å². The first kappa shape index (κ1) is 21.4. The molecule has 0 aliphatic carbocycles. The lowest BCUT2D eigenvalue weighted by Crippen LogP contribution is -2.57. The van der Waals surface area contributed by atoms with E-state index in [2.05, 4.69) is 22.2 Å². The summed E-state index contributed by atoms with van der Waals surface area (Å²) in [5, 5.41) is 12.0. The lowest BCUT2D eigenvalue weighted by Gasteiger charge is -2.31. The van der Waals surface area contributed by atoms with Crippen LogP contribution in [0.3, 0.4) is 0 Å². The highest BCUT2D eigenvalue weighted by Crippen LogP contribution is 2.20. The fraction of sp³-hybridized carbons (Fsp3) is 0.250.